The Morgan fingerprint density at radius 3 is 2.47 bits per heavy atom. The fraction of sp³-hybridized carbons (Fsp3) is 0.600. The average molecular weight is 233 g/mol. The normalized spacial score (nSPS) is 19.2. The summed E-state index contributed by atoms with van der Waals surface area (Å²) >= 11 is 0. The quantitative estimate of drug-likeness (QED) is 0.866. The zero-order valence-electron chi connectivity index (χ0n) is 11.1. The molecule has 2 rings (SSSR count). The van der Waals surface area contributed by atoms with Crippen molar-refractivity contribution in [3.05, 3.63) is 34.9 Å². The van der Waals surface area contributed by atoms with Crippen LogP contribution in [0.25, 0.3) is 0 Å². The van der Waals surface area contributed by atoms with Crippen LogP contribution in [0.4, 0.5) is 0 Å². The molecule has 1 aliphatic rings. The molecule has 2 nitrogen and oxygen atoms in total. The smallest absolute Gasteiger partial charge is 0.0469 e. The highest BCUT2D eigenvalue weighted by atomic mass is 16.5. The van der Waals surface area contributed by atoms with E-state index in [2.05, 4.69) is 44.4 Å². The van der Waals surface area contributed by atoms with E-state index in [0.717, 1.165) is 13.2 Å². The molecule has 1 unspecified atom stereocenters. The summed E-state index contributed by atoms with van der Waals surface area (Å²) in [4.78, 5) is 0. The average Bonchev–Trinajstić information content (AvgIpc) is 2.36. The van der Waals surface area contributed by atoms with E-state index in [1.807, 2.05) is 0 Å². The number of ether oxygens (including phenoxy) is 1. The lowest BCUT2D eigenvalue weighted by atomic mass is 9.86. The molecule has 1 aromatic carbocycles. The molecule has 94 valence electrons. The third kappa shape index (κ3) is 2.88. The summed E-state index contributed by atoms with van der Waals surface area (Å²) in [6.07, 6.45) is 2.33. The lowest BCUT2D eigenvalue weighted by molar-refractivity contribution is 0.0546. The lowest BCUT2D eigenvalue weighted by Crippen LogP contribution is -2.30. The first-order valence-electron chi connectivity index (χ1n) is 6.54. The van der Waals surface area contributed by atoms with E-state index < -0.39 is 0 Å². The van der Waals surface area contributed by atoms with Gasteiger partial charge in [0.15, 0.2) is 0 Å². The standard InChI is InChI=1S/C15H23NO/c1-11-4-5-14(10-12(11)2)15(16-3)13-6-8-17-9-7-13/h4-5,10,13,15-16H,6-9H2,1-3H3. The molecule has 0 radical (unpaired) electrons. The van der Waals surface area contributed by atoms with Crippen LogP contribution >= 0.6 is 0 Å². The first-order valence-corrected chi connectivity index (χ1v) is 6.54. The molecule has 1 aliphatic heterocycles. The van der Waals surface area contributed by atoms with Crippen molar-refractivity contribution < 1.29 is 4.74 Å². The summed E-state index contributed by atoms with van der Waals surface area (Å²) < 4.78 is 5.45. The molecule has 1 atom stereocenters. The molecular formula is C15H23NO. The Hall–Kier alpha value is -0.860. The highest BCUT2D eigenvalue weighted by Crippen LogP contribution is 2.30. The van der Waals surface area contributed by atoms with Gasteiger partial charge in [0.05, 0.1) is 0 Å². The Morgan fingerprint density at radius 2 is 1.88 bits per heavy atom. The summed E-state index contributed by atoms with van der Waals surface area (Å²) in [5, 5.41) is 3.48. The van der Waals surface area contributed by atoms with Crippen molar-refractivity contribution in [1.29, 1.82) is 0 Å². The maximum Gasteiger partial charge on any atom is 0.0469 e. The molecule has 0 amide bonds. The minimum Gasteiger partial charge on any atom is -0.381 e. The Labute approximate surface area is 104 Å². The van der Waals surface area contributed by atoms with Crippen molar-refractivity contribution >= 4 is 0 Å². The van der Waals surface area contributed by atoms with Gasteiger partial charge in [-0.2, -0.15) is 0 Å². The monoisotopic (exact) mass is 233 g/mol. The van der Waals surface area contributed by atoms with Crippen molar-refractivity contribution in [2.45, 2.75) is 32.7 Å². The third-order valence-electron chi connectivity index (χ3n) is 3.94. The van der Waals surface area contributed by atoms with E-state index in [9.17, 15) is 0 Å². The van der Waals surface area contributed by atoms with Crippen LogP contribution in [0.2, 0.25) is 0 Å². The molecule has 1 saturated heterocycles. The zero-order chi connectivity index (χ0) is 12.3. The van der Waals surface area contributed by atoms with Gasteiger partial charge in [-0.25, -0.2) is 0 Å². The summed E-state index contributed by atoms with van der Waals surface area (Å²) in [5.41, 5.74) is 4.17. The molecule has 1 fully saturated rings. The van der Waals surface area contributed by atoms with Gasteiger partial charge in [0, 0.05) is 19.3 Å². The van der Waals surface area contributed by atoms with Gasteiger partial charge < -0.3 is 10.1 Å². The Morgan fingerprint density at radius 1 is 1.18 bits per heavy atom. The fourth-order valence-corrected chi connectivity index (χ4v) is 2.68. The number of hydrogen-bond donors (Lipinski definition) is 1. The second kappa shape index (κ2) is 5.65. The number of aryl methyl sites for hydroxylation is 2. The molecule has 0 aliphatic carbocycles. The third-order valence-corrected chi connectivity index (χ3v) is 3.94. The van der Waals surface area contributed by atoms with Crippen molar-refractivity contribution in [1.82, 2.24) is 5.32 Å². The molecule has 0 spiro atoms. The highest BCUT2D eigenvalue weighted by Gasteiger charge is 2.24. The summed E-state index contributed by atoms with van der Waals surface area (Å²) in [7, 11) is 2.06. The van der Waals surface area contributed by atoms with Crippen molar-refractivity contribution in [2.75, 3.05) is 20.3 Å². The first kappa shape index (κ1) is 12.6. The molecule has 1 aromatic rings. The first-order chi connectivity index (χ1) is 8.22. The number of benzene rings is 1. The van der Waals surface area contributed by atoms with Gasteiger partial charge in [0.25, 0.3) is 0 Å². The van der Waals surface area contributed by atoms with Crippen LogP contribution in [0.1, 0.15) is 35.6 Å². The van der Waals surface area contributed by atoms with Crippen LogP contribution in [0.3, 0.4) is 0 Å². The predicted octanol–water partition coefficient (Wildman–Crippen LogP) is 2.99. The number of nitrogens with one attached hydrogen (secondary N) is 1. The number of rotatable bonds is 3. The van der Waals surface area contributed by atoms with E-state index in [1.165, 1.54) is 29.5 Å². The zero-order valence-corrected chi connectivity index (χ0v) is 11.1. The van der Waals surface area contributed by atoms with E-state index >= 15 is 0 Å². The van der Waals surface area contributed by atoms with Crippen molar-refractivity contribution in [3.8, 4) is 0 Å². The molecule has 2 heteroatoms. The molecule has 0 bridgehead atoms. The molecule has 0 saturated carbocycles. The summed E-state index contributed by atoms with van der Waals surface area (Å²) in [6, 6.07) is 7.29. The van der Waals surface area contributed by atoms with Crippen LogP contribution in [0.15, 0.2) is 18.2 Å². The largest absolute Gasteiger partial charge is 0.381 e. The predicted molar refractivity (Wildman–Crippen MR) is 71.3 cm³/mol. The minimum absolute atomic E-state index is 0.471. The van der Waals surface area contributed by atoms with Gasteiger partial charge in [-0.05, 0) is 56.3 Å². The van der Waals surface area contributed by atoms with E-state index in [1.54, 1.807) is 0 Å². The molecule has 1 N–H and O–H groups in total. The van der Waals surface area contributed by atoms with Crippen LogP contribution in [0, 0.1) is 19.8 Å². The van der Waals surface area contributed by atoms with Gasteiger partial charge in [0.1, 0.15) is 0 Å². The molecule has 17 heavy (non-hydrogen) atoms. The Balaban J connectivity index is 2.18. The van der Waals surface area contributed by atoms with Crippen LogP contribution < -0.4 is 5.32 Å². The second-order valence-corrected chi connectivity index (χ2v) is 5.06. The second-order valence-electron chi connectivity index (χ2n) is 5.06. The van der Waals surface area contributed by atoms with Crippen LogP contribution in [-0.2, 0) is 4.74 Å². The molecule has 1 heterocycles. The Bertz CT molecular complexity index is 369. The SMILES string of the molecule is CNC(c1ccc(C)c(C)c1)C1CCOCC1. The number of hydrogen-bond acceptors (Lipinski definition) is 2. The lowest BCUT2D eigenvalue weighted by Gasteiger charge is -2.30. The van der Waals surface area contributed by atoms with Gasteiger partial charge in [-0.15, -0.1) is 0 Å². The molecule has 0 aromatic heterocycles. The highest BCUT2D eigenvalue weighted by molar-refractivity contribution is 5.32. The van der Waals surface area contributed by atoms with Crippen LogP contribution in [-0.4, -0.2) is 20.3 Å². The fourth-order valence-electron chi connectivity index (χ4n) is 2.68. The van der Waals surface area contributed by atoms with Gasteiger partial charge in [-0.3, -0.25) is 0 Å². The summed E-state index contributed by atoms with van der Waals surface area (Å²) in [5.74, 6) is 0.704. The minimum atomic E-state index is 0.471. The van der Waals surface area contributed by atoms with Crippen LogP contribution in [0.5, 0.6) is 0 Å². The van der Waals surface area contributed by atoms with E-state index in [0.29, 0.717) is 12.0 Å². The maximum atomic E-state index is 5.45. The summed E-state index contributed by atoms with van der Waals surface area (Å²) in [6.45, 7) is 6.18. The van der Waals surface area contributed by atoms with Crippen molar-refractivity contribution in [2.24, 2.45) is 5.92 Å². The van der Waals surface area contributed by atoms with Gasteiger partial charge in [-0.1, -0.05) is 18.2 Å². The van der Waals surface area contributed by atoms with E-state index in [4.69, 9.17) is 4.74 Å². The topological polar surface area (TPSA) is 21.3 Å². The maximum absolute atomic E-state index is 5.45. The van der Waals surface area contributed by atoms with Gasteiger partial charge >= 0.3 is 0 Å². The van der Waals surface area contributed by atoms with Crippen molar-refractivity contribution in [3.63, 3.8) is 0 Å². The Kier molecular flexibility index (Phi) is 4.19. The molecular weight excluding hydrogens is 210 g/mol. The van der Waals surface area contributed by atoms with Gasteiger partial charge in [0.2, 0.25) is 0 Å². The van der Waals surface area contributed by atoms with E-state index in [-0.39, 0.29) is 0 Å².